The van der Waals surface area contributed by atoms with Crippen LogP contribution in [-0.2, 0) is 0 Å². The van der Waals surface area contributed by atoms with E-state index in [0.29, 0.717) is 23.8 Å². The minimum atomic E-state index is -0.329. The Hall–Kier alpha value is -0.800. The topological polar surface area (TPSA) is 38.0 Å². The van der Waals surface area contributed by atoms with Crippen LogP contribution in [-0.4, -0.2) is 13.1 Å². The van der Waals surface area contributed by atoms with Crippen molar-refractivity contribution in [2.24, 2.45) is 5.73 Å². The Morgan fingerprint density at radius 2 is 2.23 bits per heavy atom. The molecule has 2 nitrogen and oxygen atoms in total. The highest BCUT2D eigenvalue weighted by molar-refractivity contribution is 6.33. The van der Waals surface area contributed by atoms with E-state index in [1.54, 1.807) is 12.1 Å². The standard InChI is InChI=1S/C9H12ClFN2/c10-7-3-1-4-8(11)9(7)13-6-2-5-12/h1,3-4,13H,2,5-6,12H2. The maximum atomic E-state index is 13.1. The Kier molecular flexibility index (Phi) is 3.99. The summed E-state index contributed by atoms with van der Waals surface area (Å²) >= 11 is 5.77. The largest absolute Gasteiger partial charge is 0.381 e. The number of hydrogen-bond donors (Lipinski definition) is 2. The maximum Gasteiger partial charge on any atom is 0.147 e. The van der Waals surface area contributed by atoms with Crippen LogP contribution < -0.4 is 11.1 Å². The number of nitrogens with one attached hydrogen (secondary N) is 1. The normalized spacial score (nSPS) is 10.1. The number of nitrogens with two attached hydrogens (primary N) is 1. The van der Waals surface area contributed by atoms with Gasteiger partial charge in [-0.05, 0) is 25.1 Å². The van der Waals surface area contributed by atoms with E-state index in [1.807, 2.05) is 0 Å². The molecule has 0 atom stereocenters. The molecule has 1 aromatic carbocycles. The average Bonchev–Trinajstić information content (AvgIpc) is 2.10. The van der Waals surface area contributed by atoms with Crippen molar-refractivity contribution in [3.63, 3.8) is 0 Å². The lowest BCUT2D eigenvalue weighted by Gasteiger charge is -2.07. The third-order valence-corrected chi connectivity index (χ3v) is 1.96. The summed E-state index contributed by atoms with van der Waals surface area (Å²) < 4.78 is 13.1. The molecule has 0 bridgehead atoms. The summed E-state index contributed by atoms with van der Waals surface area (Å²) in [5, 5.41) is 3.30. The summed E-state index contributed by atoms with van der Waals surface area (Å²) in [7, 11) is 0. The van der Waals surface area contributed by atoms with E-state index < -0.39 is 0 Å². The number of rotatable bonds is 4. The van der Waals surface area contributed by atoms with Gasteiger partial charge in [0.05, 0.1) is 10.7 Å². The molecule has 0 aliphatic heterocycles. The fraction of sp³-hybridized carbons (Fsp3) is 0.333. The van der Waals surface area contributed by atoms with Gasteiger partial charge in [0.25, 0.3) is 0 Å². The highest BCUT2D eigenvalue weighted by Crippen LogP contribution is 2.24. The smallest absolute Gasteiger partial charge is 0.147 e. The van der Waals surface area contributed by atoms with Gasteiger partial charge in [-0.15, -0.1) is 0 Å². The quantitative estimate of drug-likeness (QED) is 0.735. The molecule has 1 rings (SSSR count). The van der Waals surface area contributed by atoms with Gasteiger partial charge in [-0.3, -0.25) is 0 Å². The number of halogens is 2. The summed E-state index contributed by atoms with van der Waals surface area (Å²) in [4.78, 5) is 0. The van der Waals surface area contributed by atoms with E-state index in [9.17, 15) is 4.39 Å². The molecule has 0 saturated carbocycles. The second-order valence-electron chi connectivity index (χ2n) is 2.67. The highest BCUT2D eigenvalue weighted by Gasteiger charge is 2.04. The van der Waals surface area contributed by atoms with E-state index in [1.165, 1.54) is 6.07 Å². The maximum absolute atomic E-state index is 13.1. The van der Waals surface area contributed by atoms with Gasteiger partial charge < -0.3 is 11.1 Å². The molecule has 13 heavy (non-hydrogen) atoms. The van der Waals surface area contributed by atoms with Crippen molar-refractivity contribution in [1.29, 1.82) is 0 Å². The molecule has 0 aliphatic rings. The van der Waals surface area contributed by atoms with Crippen LogP contribution in [0.4, 0.5) is 10.1 Å². The number of anilines is 1. The third-order valence-electron chi connectivity index (χ3n) is 1.65. The van der Waals surface area contributed by atoms with E-state index in [-0.39, 0.29) is 5.82 Å². The van der Waals surface area contributed by atoms with E-state index in [0.717, 1.165) is 6.42 Å². The number of hydrogen-bond acceptors (Lipinski definition) is 2. The van der Waals surface area contributed by atoms with Crippen LogP contribution >= 0.6 is 11.6 Å². The lowest BCUT2D eigenvalue weighted by molar-refractivity contribution is 0.629. The monoisotopic (exact) mass is 202 g/mol. The van der Waals surface area contributed by atoms with Gasteiger partial charge in [0.2, 0.25) is 0 Å². The molecule has 0 spiro atoms. The van der Waals surface area contributed by atoms with Crippen molar-refractivity contribution in [3.05, 3.63) is 29.0 Å². The summed E-state index contributed by atoms with van der Waals surface area (Å²) in [6, 6.07) is 4.60. The first-order valence-corrected chi connectivity index (χ1v) is 4.51. The van der Waals surface area contributed by atoms with E-state index in [4.69, 9.17) is 17.3 Å². The summed E-state index contributed by atoms with van der Waals surface area (Å²) in [6.45, 7) is 1.22. The lowest BCUT2D eigenvalue weighted by atomic mass is 10.3. The first-order chi connectivity index (χ1) is 6.25. The van der Waals surface area contributed by atoms with Gasteiger partial charge >= 0.3 is 0 Å². The summed E-state index contributed by atoms with van der Waals surface area (Å²) in [5.74, 6) is -0.329. The molecule has 0 heterocycles. The van der Waals surface area contributed by atoms with Crippen LogP contribution in [0.1, 0.15) is 6.42 Å². The highest BCUT2D eigenvalue weighted by atomic mass is 35.5. The molecule has 0 radical (unpaired) electrons. The van der Waals surface area contributed by atoms with Crippen LogP contribution in [0.2, 0.25) is 5.02 Å². The number of benzene rings is 1. The summed E-state index contributed by atoms with van der Waals surface area (Å²) in [5.41, 5.74) is 5.66. The number of para-hydroxylation sites is 1. The first-order valence-electron chi connectivity index (χ1n) is 4.13. The minimum absolute atomic E-state index is 0.329. The first kappa shape index (κ1) is 10.3. The molecule has 0 unspecified atom stereocenters. The molecule has 0 aliphatic carbocycles. The molecule has 3 N–H and O–H groups in total. The van der Waals surface area contributed by atoms with Crippen molar-refractivity contribution in [2.75, 3.05) is 18.4 Å². The molecular weight excluding hydrogens is 191 g/mol. The molecule has 0 aromatic heterocycles. The second kappa shape index (κ2) is 5.04. The Labute approximate surface area is 81.9 Å². The van der Waals surface area contributed by atoms with Crippen molar-refractivity contribution >= 4 is 17.3 Å². The SMILES string of the molecule is NCCCNc1c(F)cccc1Cl. The fourth-order valence-electron chi connectivity index (χ4n) is 0.982. The third kappa shape index (κ3) is 2.86. The van der Waals surface area contributed by atoms with Gasteiger partial charge in [0.1, 0.15) is 5.82 Å². The lowest BCUT2D eigenvalue weighted by Crippen LogP contribution is -2.09. The molecule has 0 fully saturated rings. The zero-order valence-electron chi connectivity index (χ0n) is 7.19. The van der Waals surface area contributed by atoms with Gasteiger partial charge in [-0.25, -0.2) is 4.39 Å². The van der Waals surface area contributed by atoms with Gasteiger partial charge in [0, 0.05) is 6.54 Å². The van der Waals surface area contributed by atoms with Crippen molar-refractivity contribution in [1.82, 2.24) is 0 Å². The zero-order chi connectivity index (χ0) is 9.68. The molecule has 4 heteroatoms. The Bertz CT molecular complexity index is 258. The minimum Gasteiger partial charge on any atom is -0.381 e. The average molecular weight is 203 g/mol. The van der Waals surface area contributed by atoms with Crippen molar-refractivity contribution in [2.45, 2.75) is 6.42 Å². The van der Waals surface area contributed by atoms with Gasteiger partial charge in [0.15, 0.2) is 0 Å². The van der Waals surface area contributed by atoms with Crippen LogP contribution in [0.5, 0.6) is 0 Å². The predicted octanol–water partition coefficient (Wildman–Crippen LogP) is 2.24. The summed E-state index contributed by atoms with van der Waals surface area (Å²) in [6.07, 6.45) is 0.796. The molecule has 1 aromatic rings. The molecular formula is C9H12ClFN2. The Morgan fingerprint density at radius 3 is 2.85 bits per heavy atom. The van der Waals surface area contributed by atoms with Gasteiger partial charge in [-0.1, -0.05) is 17.7 Å². The van der Waals surface area contributed by atoms with E-state index in [2.05, 4.69) is 5.32 Å². The van der Waals surface area contributed by atoms with Crippen LogP contribution in [0, 0.1) is 5.82 Å². The fourth-order valence-corrected chi connectivity index (χ4v) is 1.21. The van der Waals surface area contributed by atoms with Crippen molar-refractivity contribution in [3.8, 4) is 0 Å². The molecule has 0 saturated heterocycles. The zero-order valence-corrected chi connectivity index (χ0v) is 7.94. The Morgan fingerprint density at radius 1 is 1.46 bits per heavy atom. The molecule has 72 valence electrons. The van der Waals surface area contributed by atoms with E-state index >= 15 is 0 Å². The van der Waals surface area contributed by atoms with Crippen LogP contribution in [0.25, 0.3) is 0 Å². The van der Waals surface area contributed by atoms with Gasteiger partial charge in [-0.2, -0.15) is 0 Å². The Balaban J connectivity index is 2.64. The van der Waals surface area contributed by atoms with Crippen LogP contribution in [0.15, 0.2) is 18.2 Å². The van der Waals surface area contributed by atoms with Crippen LogP contribution in [0.3, 0.4) is 0 Å². The predicted molar refractivity (Wildman–Crippen MR) is 53.6 cm³/mol. The second-order valence-corrected chi connectivity index (χ2v) is 3.07. The molecule has 0 amide bonds. The van der Waals surface area contributed by atoms with Crippen molar-refractivity contribution < 1.29 is 4.39 Å².